The summed E-state index contributed by atoms with van der Waals surface area (Å²) in [6.07, 6.45) is 1.86. The number of carbonyl (C=O) groups is 1. The van der Waals surface area contributed by atoms with E-state index in [1.54, 1.807) is 0 Å². The number of aliphatic carboxylic acids is 1. The van der Waals surface area contributed by atoms with Crippen molar-refractivity contribution in [3.05, 3.63) is 35.4 Å². The van der Waals surface area contributed by atoms with Crippen LogP contribution in [0, 0.1) is 5.41 Å². The third-order valence-electron chi connectivity index (χ3n) is 4.23. The van der Waals surface area contributed by atoms with Gasteiger partial charge < -0.3 is 14.6 Å². The molecule has 2 aliphatic rings. The number of hydrogen-bond donors (Lipinski definition) is 1. The molecule has 19 heavy (non-hydrogen) atoms. The molecule has 4 heteroatoms. The van der Waals surface area contributed by atoms with Gasteiger partial charge in [0, 0.05) is 6.61 Å². The first-order valence-corrected chi connectivity index (χ1v) is 6.72. The highest BCUT2D eigenvalue weighted by Crippen LogP contribution is 2.41. The van der Waals surface area contributed by atoms with Crippen LogP contribution in [0.3, 0.4) is 0 Å². The number of ether oxygens (including phenoxy) is 2. The third kappa shape index (κ3) is 2.26. The van der Waals surface area contributed by atoms with Crippen LogP contribution in [0.15, 0.2) is 24.3 Å². The Morgan fingerprint density at radius 3 is 2.95 bits per heavy atom. The summed E-state index contributed by atoms with van der Waals surface area (Å²) in [4.78, 5) is 11.6. The Balaban J connectivity index is 1.86. The number of fused-ring (bicyclic) bond motifs is 1. The van der Waals surface area contributed by atoms with E-state index in [1.165, 1.54) is 5.56 Å². The molecule has 0 bridgehead atoms. The smallest absolute Gasteiger partial charge is 0.312 e. The van der Waals surface area contributed by atoms with Crippen LogP contribution in [0.4, 0.5) is 0 Å². The summed E-state index contributed by atoms with van der Waals surface area (Å²) in [6, 6.07) is 8.15. The Labute approximate surface area is 112 Å². The average molecular weight is 262 g/mol. The van der Waals surface area contributed by atoms with Gasteiger partial charge in [0.25, 0.3) is 0 Å². The molecule has 1 aromatic rings. The van der Waals surface area contributed by atoms with Gasteiger partial charge in [-0.3, -0.25) is 4.79 Å². The van der Waals surface area contributed by atoms with E-state index < -0.39 is 11.4 Å². The largest absolute Gasteiger partial charge is 0.481 e. The van der Waals surface area contributed by atoms with Crippen LogP contribution in [0.1, 0.15) is 30.1 Å². The molecule has 4 nitrogen and oxygen atoms in total. The van der Waals surface area contributed by atoms with Crippen molar-refractivity contribution >= 4 is 5.97 Å². The summed E-state index contributed by atoms with van der Waals surface area (Å²) < 4.78 is 11.1. The van der Waals surface area contributed by atoms with Crippen molar-refractivity contribution in [1.82, 2.24) is 0 Å². The Hall–Kier alpha value is -1.39. The lowest BCUT2D eigenvalue weighted by molar-refractivity contribution is -0.152. The molecule has 1 N–H and O–H groups in total. The molecule has 0 spiro atoms. The monoisotopic (exact) mass is 262 g/mol. The highest BCUT2D eigenvalue weighted by Gasteiger charge is 2.45. The first kappa shape index (κ1) is 12.6. The van der Waals surface area contributed by atoms with Gasteiger partial charge in [-0.15, -0.1) is 0 Å². The van der Waals surface area contributed by atoms with Gasteiger partial charge in [0.05, 0.1) is 24.7 Å². The van der Waals surface area contributed by atoms with Gasteiger partial charge in [-0.2, -0.15) is 0 Å². The first-order chi connectivity index (χ1) is 9.21. The van der Waals surface area contributed by atoms with Crippen LogP contribution in [0.2, 0.25) is 0 Å². The van der Waals surface area contributed by atoms with E-state index in [1.807, 2.05) is 18.2 Å². The Morgan fingerprint density at radius 2 is 2.21 bits per heavy atom. The molecule has 0 radical (unpaired) electrons. The van der Waals surface area contributed by atoms with Gasteiger partial charge in [0.1, 0.15) is 0 Å². The van der Waals surface area contributed by atoms with Crippen LogP contribution in [-0.4, -0.2) is 30.9 Å². The fraction of sp³-hybridized carbons (Fsp3) is 0.533. The lowest BCUT2D eigenvalue weighted by Gasteiger charge is -2.32. The maximum Gasteiger partial charge on any atom is 0.312 e. The van der Waals surface area contributed by atoms with Crippen molar-refractivity contribution in [1.29, 1.82) is 0 Å². The van der Waals surface area contributed by atoms with Crippen molar-refractivity contribution in [2.75, 3.05) is 19.8 Å². The minimum absolute atomic E-state index is 0.122. The maximum absolute atomic E-state index is 11.6. The Morgan fingerprint density at radius 1 is 1.37 bits per heavy atom. The van der Waals surface area contributed by atoms with Gasteiger partial charge in [-0.05, 0) is 30.4 Å². The van der Waals surface area contributed by atoms with E-state index in [-0.39, 0.29) is 6.10 Å². The summed E-state index contributed by atoms with van der Waals surface area (Å²) in [5.74, 6) is -0.767. The molecule has 3 rings (SSSR count). The Bertz CT molecular complexity index is 477. The van der Waals surface area contributed by atoms with Crippen molar-refractivity contribution in [2.45, 2.75) is 25.4 Å². The molecular weight excluding hydrogens is 244 g/mol. The lowest BCUT2D eigenvalue weighted by atomic mass is 9.79. The number of carboxylic acid groups (broad SMARTS) is 1. The predicted octanol–water partition coefficient (Wildman–Crippen LogP) is 2.18. The number of rotatable bonds is 3. The van der Waals surface area contributed by atoms with Gasteiger partial charge in [-0.25, -0.2) is 0 Å². The van der Waals surface area contributed by atoms with Gasteiger partial charge in [0.15, 0.2) is 0 Å². The molecule has 0 saturated carbocycles. The second kappa shape index (κ2) is 4.94. The predicted molar refractivity (Wildman–Crippen MR) is 69.0 cm³/mol. The van der Waals surface area contributed by atoms with Gasteiger partial charge >= 0.3 is 5.97 Å². The molecule has 0 amide bonds. The molecule has 2 heterocycles. The van der Waals surface area contributed by atoms with Gasteiger partial charge in [-0.1, -0.05) is 24.3 Å². The maximum atomic E-state index is 11.6. The second-order valence-electron chi connectivity index (χ2n) is 5.40. The normalized spacial score (nSPS) is 30.0. The molecule has 1 fully saturated rings. The topological polar surface area (TPSA) is 55.8 Å². The SMILES string of the molecule is O=C(O)C1(CC2OCCc3ccccc32)CCOC1. The van der Waals surface area contributed by atoms with Crippen LogP contribution < -0.4 is 0 Å². The quantitative estimate of drug-likeness (QED) is 0.907. The summed E-state index contributed by atoms with van der Waals surface area (Å²) in [5.41, 5.74) is 1.63. The standard InChI is InChI=1S/C15H18O4/c16-14(17)15(6-8-18-10-15)9-13-12-4-2-1-3-11(12)5-7-19-13/h1-4,13H,5-10H2,(H,16,17). The second-order valence-corrected chi connectivity index (χ2v) is 5.40. The number of hydrogen-bond acceptors (Lipinski definition) is 3. The number of benzene rings is 1. The summed E-state index contributed by atoms with van der Waals surface area (Å²) in [7, 11) is 0. The minimum Gasteiger partial charge on any atom is -0.481 e. The van der Waals surface area contributed by atoms with E-state index in [0.29, 0.717) is 32.7 Å². The summed E-state index contributed by atoms with van der Waals surface area (Å²) >= 11 is 0. The molecule has 1 saturated heterocycles. The van der Waals surface area contributed by atoms with Crippen LogP contribution >= 0.6 is 0 Å². The zero-order chi connectivity index (χ0) is 13.3. The highest BCUT2D eigenvalue weighted by atomic mass is 16.5. The van der Waals surface area contributed by atoms with E-state index in [9.17, 15) is 9.90 Å². The average Bonchev–Trinajstić information content (AvgIpc) is 2.89. The zero-order valence-electron chi connectivity index (χ0n) is 10.8. The van der Waals surface area contributed by atoms with E-state index in [4.69, 9.17) is 9.47 Å². The fourth-order valence-electron chi connectivity index (χ4n) is 3.02. The van der Waals surface area contributed by atoms with Crippen molar-refractivity contribution in [3.8, 4) is 0 Å². The van der Waals surface area contributed by atoms with E-state index >= 15 is 0 Å². The molecule has 0 aliphatic carbocycles. The third-order valence-corrected chi connectivity index (χ3v) is 4.23. The molecule has 1 aromatic carbocycles. The molecule has 0 aromatic heterocycles. The molecule has 2 atom stereocenters. The molecular formula is C15H18O4. The molecule has 102 valence electrons. The van der Waals surface area contributed by atoms with Crippen LogP contribution in [0.25, 0.3) is 0 Å². The minimum atomic E-state index is -0.783. The summed E-state index contributed by atoms with van der Waals surface area (Å²) in [6.45, 7) is 1.49. The number of carboxylic acids is 1. The van der Waals surface area contributed by atoms with Crippen LogP contribution in [0.5, 0.6) is 0 Å². The van der Waals surface area contributed by atoms with E-state index in [2.05, 4.69) is 6.07 Å². The molecule has 2 unspecified atom stereocenters. The van der Waals surface area contributed by atoms with Crippen molar-refractivity contribution < 1.29 is 19.4 Å². The van der Waals surface area contributed by atoms with Crippen molar-refractivity contribution in [2.24, 2.45) is 5.41 Å². The van der Waals surface area contributed by atoms with Crippen LogP contribution in [-0.2, 0) is 20.7 Å². The van der Waals surface area contributed by atoms with Crippen molar-refractivity contribution in [3.63, 3.8) is 0 Å². The van der Waals surface area contributed by atoms with Gasteiger partial charge in [0.2, 0.25) is 0 Å². The van der Waals surface area contributed by atoms with E-state index in [0.717, 1.165) is 12.0 Å². The fourth-order valence-corrected chi connectivity index (χ4v) is 3.02. The zero-order valence-corrected chi connectivity index (χ0v) is 10.8. The molecule has 2 aliphatic heterocycles. The Kier molecular flexibility index (Phi) is 3.29. The highest BCUT2D eigenvalue weighted by molar-refractivity contribution is 5.75. The first-order valence-electron chi connectivity index (χ1n) is 6.72. The lowest BCUT2D eigenvalue weighted by Crippen LogP contribution is -2.35. The summed E-state index contributed by atoms with van der Waals surface area (Å²) in [5, 5.41) is 9.51.